The summed E-state index contributed by atoms with van der Waals surface area (Å²) in [6, 6.07) is 11.7. The van der Waals surface area contributed by atoms with Crippen molar-refractivity contribution in [2.24, 2.45) is 0 Å². The first-order valence-electron chi connectivity index (χ1n) is 13.1. The lowest BCUT2D eigenvalue weighted by molar-refractivity contribution is 0.0939. The monoisotopic (exact) mass is 615 g/mol. The minimum absolute atomic E-state index is 0.000115. The van der Waals surface area contributed by atoms with Crippen LogP contribution in [0.4, 0.5) is 0 Å². The van der Waals surface area contributed by atoms with E-state index in [0.29, 0.717) is 24.4 Å². The number of amides is 1. The Balaban J connectivity index is 1.18. The Morgan fingerprint density at radius 3 is 2.56 bits per heavy atom. The minimum Gasteiger partial charge on any atom is -0.354 e. The van der Waals surface area contributed by atoms with Gasteiger partial charge in [-0.15, -0.1) is 0 Å². The third-order valence-corrected chi connectivity index (χ3v) is 11.2. The summed E-state index contributed by atoms with van der Waals surface area (Å²) in [5.41, 5.74) is 4.67. The number of benzene rings is 2. The molecule has 0 atom stereocenters. The number of nitrogens with one attached hydrogen (secondary N) is 2. The summed E-state index contributed by atoms with van der Waals surface area (Å²) in [5, 5.41) is 11.0. The van der Waals surface area contributed by atoms with Crippen molar-refractivity contribution in [3.8, 4) is 0 Å². The van der Waals surface area contributed by atoms with E-state index in [0.717, 1.165) is 41.3 Å². The van der Waals surface area contributed by atoms with Crippen molar-refractivity contribution in [1.82, 2.24) is 33.5 Å². The molecule has 0 spiro atoms. The van der Waals surface area contributed by atoms with Crippen molar-refractivity contribution in [3.05, 3.63) is 65.0 Å². The number of aromatic nitrogens is 4. The van der Waals surface area contributed by atoms with Gasteiger partial charge in [0.05, 0.1) is 39.8 Å². The second-order valence-electron chi connectivity index (χ2n) is 10.4. The SMILES string of the molecule is CNC(=O)c1c2c(nn1C1CC(NCc3ccc4nsnc4c3)C1)CN(S(=O)(=O)c1cccc(S(C)(=O)=O)c1)CC2. The largest absolute Gasteiger partial charge is 0.354 e. The summed E-state index contributed by atoms with van der Waals surface area (Å²) >= 11 is 1.20. The number of hydrogen-bond donors (Lipinski definition) is 2. The molecule has 2 aliphatic rings. The van der Waals surface area contributed by atoms with Gasteiger partial charge in [0, 0.05) is 38.0 Å². The predicted octanol–water partition coefficient (Wildman–Crippen LogP) is 1.89. The maximum absolute atomic E-state index is 13.5. The second-order valence-corrected chi connectivity index (χ2v) is 14.9. The molecule has 2 aromatic heterocycles. The Bertz CT molecular complexity index is 1860. The fourth-order valence-electron chi connectivity index (χ4n) is 5.38. The molecule has 0 unspecified atom stereocenters. The molecule has 2 aromatic carbocycles. The Morgan fingerprint density at radius 2 is 1.80 bits per heavy atom. The number of nitrogens with zero attached hydrogens (tertiary/aromatic N) is 5. The quantitative estimate of drug-likeness (QED) is 0.302. The van der Waals surface area contributed by atoms with Crippen LogP contribution in [-0.2, 0) is 39.4 Å². The van der Waals surface area contributed by atoms with Crippen LogP contribution in [0.3, 0.4) is 0 Å². The molecule has 0 bridgehead atoms. The fraction of sp³-hybridized carbons (Fsp3) is 0.385. The van der Waals surface area contributed by atoms with Crippen molar-refractivity contribution >= 4 is 48.5 Å². The van der Waals surface area contributed by atoms with Crippen LogP contribution in [-0.4, -0.2) is 71.5 Å². The number of sulfonamides is 1. The molecule has 3 heterocycles. The van der Waals surface area contributed by atoms with Gasteiger partial charge in [0.1, 0.15) is 16.7 Å². The van der Waals surface area contributed by atoms with Gasteiger partial charge in [0.2, 0.25) is 10.0 Å². The molecule has 4 aromatic rings. The molecule has 216 valence electrons. The first-order chi connectivity index (χ1) is 19.5. The van der Waals surface area contributed by atoms with Crippen LogP contribution in [0.25, 0.3) is 11.0 Å². The van der Waals surface area contributed by atoms with E-state index in [4.69, 9.17) is 5.10 Å². The standard InChI is InChI=1S/C26H29N7O5S3/c1-27-26(34)25-21-8-9-32(41(37,38)20-5-3-4-19(13-20)40(2,35)36)15-24(21)29-33(25)18-11-17(12-18)28-14-16-6-7-22-23(10-16)31-39-30-22/h3-7,10,13,17-18,28H,8-9,11-12,14-15H2,1-2H3,(H,27,34). The zero-order chi connectivity index (χ0) is 28.9. The van der Waals surface area contributed by atoms with Gasteiger partial charge in [-0.05, 0) is 55.2 Å². The van der Waals surface area contributed by atoms with Gasteiger partial charge in [0.15, 0.2) is 9.84 Å². The van der Waals surface area contributed by atoms with Crippen LogP contribution >= 0.6 is 11.7 Å². The van der Waals surface area contributed by atoms with Gasteiger partial charge in [-0.2, -0.15) is 18.2 Å². The maximum Gasteiger partial charge on any atom is 0.269 e. The maximum atomic E-state index is 13.5. The van der Waals surface area contributed by atoms with E-state index in [-0.39, 0.29) is 40.9 Å². The zero-order valence-electron chi connectivity index (χ0n) is 22.4. The van der Waals surface area contributed by atoms with E-state index in [1.165, 1.54) is 40.3 Å². The molecule has 2 N–H and O–H groups in total. The van der Waals surface area contributed by atoms with Gasteiger partial charge in [0.25, 0.3) is 5.91 Å². The lowest BCUT2D eigenvalue weighted by atomic mass is 9.86. The van der Waals surface area contributed by atoms with Crippen LogP contribution in [0, 0.1) is 0 Å². The average molecular weight is 616 g/mol. The summed E-state index contributed by atoms with van der Waals surface area (Å²) < 4.78 is 62.5. The van der Waals surface area contributed by atoms with Crippen LogP contribution in [0.2, 0.25) is 0 Å². The van der Waals surface area contributed by atoms with Crippen LogP contribution in [0.1, 0.15) is 46.2 Å². The van der Waals surface area contributed by atoms with E-state index < -0.39 is 19.9 Å². The number of carbonyl (C=O) groups excluding carboxylic acids is 1. The molecular weight excluding hydrogens is 587 g/mol. The van der Waals surface area contributed by atoms with Crippen LogP contribution in [0.5, 0.6) is 0 Å². The highest BCUT2D eigenvalue weighted by atomic mass is 32.2. The van der Waals surface area contributed by atoms with Crippen molar-refractivity contribution in [3.63, 3.8) is 0 Å². The molecule has 1 aliphatic heterocycles. The smallest absolute Gasteiger partial charge is 0.269 e. The highest BCUT2D eigenvalue weighted by Gasteiger charge is 2.38. The Hall–Kier alpha value is -3.24. The number of carbonyl (C=O) groups is 1. The van der Waals surface area contributed by atoms with Crippen molar-refractivity contribution < 1.29 is 21.6 Å². The van der Waals surface area contributed by atoms with E-state index in [1.54, 1.807) is 11.7 Å². The van der Waals surface area contributed by atoms with Gasteiger partial charge in [-0.1, -0.05) is 12.1 Å². The van der Waals surface area contributed by atoms with Gasteiger partial charge < -0.3 is 10.6 Å². The summed E-state index contributed by atoms with van der Waals surface area (Å²) in [6.07, 6.45) is 2.93. The van der Waals surface area contributed by atoms with Crippen molar-refractivity contribution in [2.75, 3.05) is 19.8 Å². The van der Waals surface area contributed by atoms with Gasteiger partial charge in [-0.3, -0.25) is 9.48 Å². The minimum atomic E-state index is -3.98. The molecule has 1 fully saturated rings. The second kappa shape index (κ2) is 10.5. The lowest BCUT2D eigenvalue weighted by Crippen LogP contribution is -2.43. The molecule has 1 aliphatic carbocycles. The van der Waals surface area contributed by atoms with Gasteiger partial charge in [-0.25, -0.2) is 16.8 Å². The average Bonchev–Trinajstić information content (AvgIpc) is 3.55. The molecule has 6 rings (SSSR count). The molecule has 1 amide bonds. The third kappa shape index (κ3) is 5.28. The van der Waals surface area contributed by atoms with Crippen LogP contribution in [0.15, 0.2) is 52.3 Å². The van der Waals surface area contributed by atoms with E-state index >= 15 is 0 Å². The Kier molecular flexibility index (Phi) is 7.18. The Morgan fingerprint density at radius 1 is 1.05 bits per heavy atom. The topological polar surface area (TPSA) is 156 Å². The molecule has 0 radical (unpaired) electrons. The summed E-state index contributed by atoms with van der Waals surface area (Å²) in [5.74, 6) is -0.252. The normalized spacial score (nSPS) is 19.6. The predicted molar refractivity (Wildman–Crippen MR) is 153 cm³/mol. The molecular formula is C26H29N7O5S3. The lowest BCUT2D eigenvalue weighted by Gasteiger charge is -2.37. The van der Waals surface area contributed by atoms with E-state index in [9.17, 15) is 21.6 Å². The number of rotatable bonds is 8. The van der Waals surface area contributed by atoms with Crippen molar-refractivity contribution in [2.45, 2.75) is 54.2 Å². The third-order valence-electron chi connectivity index (χ3n) is 7.71. The first-order valence-corrected chi connectivity index (χ1v) is 17.2. The molecule has 41 heavy (non-hydrogen) atoms. The molecule has 12 nitrogen and oxygen atoms in total. The number of sulfone groups is 1. The Labute approximate surface area is 242 Å². The molecule has 15 heteroatoms. The highest BCUT2D eigenvalue weighted by molar-refractivity contribution is 7.91. The summed E-state index contributed by atoms with van der Waals surface area (Å²) in [7, 11) is -5.98. The number of fused-ring (bicyclic) bond motifs is 2. The summed E-state index contributed by atoms with van der Waals surface area (Å²) in [6.45, 7) is 0.845. The fourth-order valence-corrected chi connectivity index (χ4v) is 8.09. The van der Waals surface area contributed by atoms with Crippen molar-refractivity contribution in [1.29, 1.82) is 0 Å². The van der Waals surface area contributed by atoms with E-state index in [2.05, 4.69) is 19.4 Å². The number of hydrogen-bond acceptors (Lipinski definition) is 10. The van der Waals surface area contributed by atoms with E-state index in [1.807, 2.05) is 18.2 Å². The molecule has 1 saturated carbocycles. The van der Waals surface area contributed by atoms with Gasteiger partial charge >= 0.3 is 0 Å². The highest BCUT2D eigenvalue weighted by Crippen LogP contribution is 2.36. The van der Waals surface area contributed by atoms with Crippen LogP contribution < -0.4 is 10.6 Å². The summed E-state index contributed by atoms with van der Waals surface area (Å²) in [4.78, 5) is 12.8. The first kappa shape index (κ1) is 27.9. The molecule has 0 saturated heterocycles. The zero-order valence-corrected chi connectivity index (χ0v) is 24.9.